The minimum Gasteiger partial charge on any atom is -0.459 e. The van der Waals surface area contributed by atoms with Gasteiger partial charge in [-0.2, -0.15) is 0 Å². The largest absolute Gasteiger partial charge is 0.459 e. The zero-order chi connectivity index (χ0) is 16.5. The summed E-state index contributed by atoms with van der Waals surface area (Å²) in [6, 6.07) is 16.0. The first-order valence-corrected chi connectivity index (χ1v) is 8.82. The summed E-state index contributed by atoms with van der Waals surface area (Å²) in [5.74, 6) is 1.30. The van der Waals surface area contributed by atoms with E-state index in [4.69, 9.17) is 9.52 Å². The van der Waals surface area contributed by atoms with Gasteiger partial charge in [0.25, 0.3) is 0 Å². The number of fused-ring (bicyclic) bond motifs is 1. The van der Waals surface area contributed by atoms with Gasteiger partial charge in [0.15, 0.2) is 0 Å². The molecule has 4 aromatic rings. The average molecular weight is 336 g/mol. The highest BCUT2D eigenvalue weighted by Crippen LogP contribution is 2.26. The number of thioether (sulfide) groups is 1. The highest BCUT2D eigenvalue weighted by atomic mass is 32.2. The molecule has 1 N–H and O–H groups in total. The fourth-order valence-electron chi connectivity index (χ4n) is 2.66. The van der Waals surface area contributed by atoms with Crippen molar-refractivity contribution in [2.45, 2.75) is 11.5 Å². The fourth-order valence-corrected chi connectivity index (χ4v) is 3.06. The van der Waals surface area contributed by atoms with Crippen LogP contribution in [0.25, 0.3) is 28.2 Å². The van der Waals surface area contributed by atoms with Gasteiger partial charge in [-0.1, -0.05) is 12.1 Å². The van der Waals surface area contributed by atoms with E-state index in [0.29, 0.717) is 5.76 Å². The van der Waals surface area contributed by atoms with E-state index in [-0.39, 0.29) is 6.61 Å². The monoisotopic (exact) mass is 336 g/mol. The van der Waals surface area contributed by atoms with Crippen molar-refractivity contribution in [3.8, 4) is 22.6 Å². The maximum absolute atomic E-state index is 9.13. The summed E-state index contributed by atoms with van der Waals surface area (Å²) in [6.07, 6.45) is 6.07. The van der Waals surface area contributed by atoms with Crippen LogP contribution >= 0.6 is 11.8 Å². The van der Waals surface area contributed by atoms with Crippen molar-refractivity contribution in [3.05, 3.63) is 66.7 Å². The molecule has 0 bridgehead atoms. The Kier molecular flexibility index (Phi) is 3.88. The Balaban J connectivity index is 1.72. The number of imidazole rings is 1. The Labute approximate surface area is 143 Å². The Bertz CT molecular complexity index is 986. The third kappa shape index (κ3) is 2.72. The van der Waals surface area contributed by atoms with Crippen LogP contribution in [0.4, 0.5) is 0 Å². The minimum atomic E-state index is -0.0937. The molecule has 120 valence electrons. The van der Waals surface area contributed by atoms with Gasteiger partial charge in [0.2, 0.25) is 0 Å². The summed E-state index contributed by atoms with van der Waals surface area (Å²) in [4.78, 5) is 5.92. The van der Waals surface area contributed by atoms with E-state index < -0.39 is 0 Å². The molecule has 4 rings (SSSR count). The lowest BCUT2D eigenvalue weighted by Gasteiger charge is -1.99. The van der Waals surface area contributed by atoms with Gasteiger partial charge in [-0.25, -0.2) is 4.98 Å². The number of hydrogen-bond donors (Lipinski definition) is 1. The molecule has 0 radical (unpaired) electrons. The van der Waals surface area contributed by atoms with E-state index in [2.05, 4.69) is 35.5 Å². The molecule has 24 heavy (non-hydrogen) atoms. The summed E-state index contributed by atoms with van der Waals surface area (Å²) in [5, 5.41) is 9.13. The number of hydrogen-bond acceptors (Lipinski definition) is 4. The van der Waals surface area contributed by atoms with Crippen molar-refractivity contribution >= 4 is 17.4 Å². The zero-order valence-corrected chi connectivity index (χ0v) is 14.0. The molecule has 0 aliphatic rings. The van der Waals surface area contributed by atoms with Crippen molar-refractivity contribution < 1.29 is 9.52 Å². The first kappa shape index (κ1) is 15.1. The first-order chi connectivity index (χ1) is 11.8. The molecule has 0 aliphatic carbocycles. The summed E-state index contributed by atoms with van der Waals surface area (Å²) >= 11 is 1.73. The van der Waals surface area contributed by atoms with Crippen LogP contribution < -0.4 is 0 Å². The molecule has 0 saturated heterocycles. The Morgan fingerprint density at radius 3 is 2.50 bits per heavy atom. The van der Waals surface area contributed by atoms with Crippen LogP contribution in [-0.4, -0.2) is 20.7 Å². The molecule has 0 unspecified atom stereocenters. The van der Waals surface area contributed by atoms with Crippen molar-refractivity contribution in [2.24, 2.45) is 0 Å². The second kappa shape index (κ2) is 6.19. The molecular weight excluding hydrogens is 320 g/mol. The Morgan fingerprint density at radius 1 is 1.00 bits per heavy atom. The van der Waals surface area contributed by atoms with E-state index in [1.54, 1.807) is 17.8 Å². The molecule has 3 heterocycles. The lowest BCUT2D eigenvalue weighted by Crippen LogP contribution is -1.84. The van der Waals surface area contributed by atoms with Crippen LogP contribution in [-0.2, 0) is 6.61 Å². The van der Waals surface area contributed by atoms with Crippen LogP contribution in [0.15, 0.2) is 70.2 Å². The molecule has 0 spiro atoms. The molecular formula is C19H16N2O2S. The molecule has 1 aromatic carbocycles. The Hall–Kier alpha value is -2.50. The van der Waals surface area contributed by atoms with Crippen molar-refractivity contribution in [2.75, 3.05) is 6.26 Å². The van der Waals surface area contributed by atoms with Crippen LogP contribution in [0.5, 0.6) is 0 Å². The number of rotatable bonds is 4. The summed E-state index contributed by atoms with van der Waals surface area (Å²) in [6.45, 7) is -0.0937. The standard InChI is InChI=1S/C19H16N2O2S/c1-24-16-6-2-13(3-7-16)17-11-21-10-14(4-9-19(21)20-17)18-8-5-15(12-22)23-18/h2-11,22H,12H2,1H3. The van der Waals surface area contributed by atoms with Crippen LogP contribution in [0.2, 0.25) is 0 Å². The normalized spacial score (nSPS) is 11.2. The fraction of sp³-hybridized carbons (Fsp3) is 0.105. The predicted octanol–water partition coefficient (Wildman–Crippen LogP) is 4.48. The molecule has 0 saturated carbocycles. The van der Waals surface area contributed by atoms with Crippen molar-refractivity contribution in [1.82, 2.24) is 9.38 Å². The van der Waals surface area contributed by atoms with Gasteiger partial charge >= 0.3 is 0 Å². The number of aliphatic hydroxyl groups is 1. The number of aliphatic hydroxyl groups excluding tert-OH is 1. The zero-order valence-electron chi connectivity index (χ0n) is 13.1. The van der Waals surface area contributed by atoms with Gasteiger partial charge in [-0.05, 0) is 42.7 Å². The summed E-state index contributed by atoms with van der Waals surface area (Å²) < 4.78 is 7.59. The van der Waals surface area contributed by atoms with E-state index in [1.807, 2.05) is 35.0 Å². The highest BCUT2D eigenvalue weighted by Gasteiger charge is 2.08. The minimum absolute atomic E-state index is 0.0937. The number of furan rings is 1. The third-order valence-electron chi connectivity index (χ3n) is 3.94. The quantitative estimate of drug-likeness (QED) is 0.558. The van der Waals surface area contributed by atoms with E-state index in [1.165, 1.54) is 4.90 Å². The van der Waals surface area contributed by atoms with Crippen LogP contribution in [0.1, 0.15) is 5.76 Å². The molecule has 0 atom stereocenters. The van der Waals surface area contributed by atoms with E-state index in [9.17, 15) is 0 Å². The lowest BCUT2D eigenvalue weighted by molar-refractivity contribution is 0.248. The molecule has 4 nitrogen and oxygen atoms in total. The third-order valence-corrected chi connectivity index (χ3v) is 4.68. The predicted molar refractivity (Wildman–Crippen MR) is 96.0 cm³/mol. The van der Waals surface area contributed by atoms with Gasteiger partial charge in [0.05, 0.1) is 5.69 Å². The number of aromatic nitrogens is 2. The lowest BCUT2D eigenvalue weighted by atomic mass is 10.2. The number of pyridine rings is 1. The van der Waals surface area contributed by atoms with Crippen LogP contribution in [0.3, 0.4) is 0 Å². The number of benzene rings is 1. The topological polar surface area (TPSA) is 50.7 Å². The molecule has 5 heteroatoms. The molecule has 0 amide bonds. The van der Waals surface area contributed by atoms with Gasteiger partial charge in [-0.3, -0.25) is 0 Å². The maximum Gasteiger partial charge on any atom is 0.137 e. The molecule has 3 aromatic heterocycles. The average Bonchev–Trinajstić information content (AvgIpc) is 3.27. The van der Waals surface area contributed by atoms with E-state index >= 15 is 0 Å². The summed E-state index contributed by atoms with van der Waals surface area (Å²) in [7, 11) is 0. The maximum atomic E-state index is 9.13. The second-order valence-corrected chi connectivity index (χ2v) is 6.34. The Morgan fingerprint density at radius 2 is 1.79 bits per heavy atom. The van der Waals surface area contributed by atoms with Crippen molar-refractivity contribution in [1.29, 1.82) is 0 Å². The SMILES string of the molecule is CSc1ccc(-c2cn3cc(-c4ccc(CO)o4)ccc3n2)cc1. The second-order valence-electron chi connectivity index (χ2n) is 5.46. The van der Waals surface area contributed by atoms with Crippen LogP contribution in [0, 0.1) is 0 Å². The van der Waals surface area contributed by atoms with Crippen molar-refractivity contribution in [3.63, 3.8) is 0 Å². The smallest absolute Gasteiger partial charge is 0.137 e. The van der Waals surface area contributed by atoms with E-state index in [0.717, 1.165) is 28.2 Å². The molecule has 0 fully saturated rings. The highest BCUT2D eigenvalue weighted by molar-refractivity contribution is 7.98. The van der Waals surface area contributed by atoms with Gasteiger partial charge in [0, 0.05) is 28.4 Å². The van der Waals surface area contributed by atoms with Gasteiger partial charge < -0.3 is 13.9 Å². The first-order valence-electron chi connectivity index (χ1n) is 7.60. The summed E-state index contributed by atoms with van der Waals surface area (Å²) in [5.41, 5.74) is 3.87. The van der Waals surface area contributed by atoms with Gasteiger partial charge in [0.1, 0.15) is 23.8 Å². The molecule has 0 aliphatic heterocycles. The number of nitrogens with zero attached hydrogens (tertiary/aromatic N) is 2. The van der Waals surface area contributed by atoms with Gasteiger partial charge in [-0.15, -0.1) is 11.8 Å².